The lowest BCUT2D eigenvalue weighted by Gasteiger charge is -2.28. The molecule has 0 saturated heterocycles. The Morgan fingerprint density at radius 2 is 2.16 bits per heavy atom. The second-order valence-corrected chi connectivity index (χ2v) is 8.15. The van der Waals surface area contributed by atoms with Crippen molar-refractivity contribution in [3.63, 3.8) is 0 Å². The number of aromatic amines is 1. The Labute approximate surface area is 185 Å². The molecule has 0 atom stereocenters. The topological polar surface area (TPSA) is 143 Å². The number of nitrogens with zero attached hydrogens (tertiary/aromatic N) is 6. The van der Waals surface area contributed by atoms with Crippen LogP contribution in [0.1, 0.15) is 39.9 Å². The summed E-state index contributed by atoms with van der Waals surface area (Å²) < 4.78 is 5.36. The first kappa shape index (κ1) is 20.0. The molecule has 1 aromatic carbocycles. The first-order valence-electron chi connectivity index (χ1n) is 9.85. The molecule has 2 N–H and O–H groups in total. The van der Waals surface area contributed by atoms with Gasteiger partial charge in [-0.1, -0.05) is 11.3 Å². The third kappa shape index (κ3) is 3.75. The van der Waals surface area contributed by atoms with E-state index in [-0.39, 0.29) is 24.1 Å². The second-order valence-electron chi connectivity index (χ2n) is 7.29. The van der Waals surface area contributed by atoms with Crippen LogP contribution in [-0.2, 0) is 17.8 Å². The fraction of sp³-hybridized carbons (Fsp3) is 0.250. The van der Waals surface area contributed by atoms with E-state index in [0.29, 0.717) is 35.4 Å². The van der Waals surface area contributed by atoms with Crippen LogP contribution in [0, 0.1) is 13.8 Å². The van der Waals surface area contributed by atoms with Crippen LogP contribution in [0.2, 0.25) is 0 Å². The molecule has 4 aromatic rings. The molecule has 0 saturated carbocycles. The molecular weight excluding hydrogens is 432 g/mol. The molecule has 3 aromatic heterocycles. The number of aryl methyl sites for hydroxylation is 3. The molecule has 4 heterocycles. The van der Waals surface area contributed by atoms with Gasteiger partial charge >= 0.3 is 0 Å². The monoisotopic (exact) mass is 450 g/mol. The zero-order chi connectivity index (χ0) is 22.2. The van der Waals surface area contributed by atoms with Crippen LogP contribution in [0.15, 0.2) is 28.0 Å². The molecule has 11 nitrogen and oxygen atoms in total. The van der Waals surface area contributed by atoms with E-state index in [0.717, 1.165) is 22.5 Å². The van der Waals surface area contributed by atoms with Crippen molar-refractivity contribution >= 4 is 34.0 Å². The van der Waals surface area contributed by atoms with Crippen molar-refractivity contribution in [2.75, 3.05) is 10.2 Å². The van der Waals surface area contributed by atoms with Crippen LogP contribution < -0.4 is 10.2 Å². The maximum atomic E-state index is 12.5. The minimum absolute atomic E-state index is 0.0200. The van der Waals surface area contributed by atoms with Crippen molar-refractivity contribution in [3.8, 4) is 11.3 Å². The fourth-order valence-corrected chi connectivity index (χ4v) is 4.36. The number of thiazole rings is 1. The molecule has 2 amide bonds. The summed E-state index contributed by atoms with van der Waals surface area (Å²) in [5.41, 5.74) is 4.04. The lowest BCUT2D eigenvalue weighted by Crippen LogP contribution is -2.34. The molecule has 1 aliphatic heterocycles. The lowest BCUT2D eigenvalue weighted by molar-refractivity contribution is -0.119. The van der Waals surface area contributed by atoms with E-state index in [1.807, 2.05) is 23.6 Å². The highest BCUT2D eigenvalue weighted by atomic mass is 32.1. The maximum Gasteiger partial charge on any atom is 0.295 e. The number of rotatable bonds is 5. The molecule has 162 valence electrons. The molecule has 0 bridgehead atoms. The highest BCUT2D eigenvalue weighted by Gasteiger charge is 2.26. The normalized spacial score (nSPS) is 13.3. The summed E-state index contributed by atoms with van der Waals surface area (Å²) in [6.45, 7) is 3.67. The predicted molar refractivity (Wildman–Crippen MR) is 115 cm³/mol. The van der Waals surface area contributed by atoms with Crippen LogP contribution in [0.4, 0.5) is 10.8 Å². The van der Waals surface area contributed by atoms with Gasteiger partial charge in [0.2, 0.25) is 11.7 Å². The van der Waals surface area contributed by atoms with E-state index < -0.39 is 0 Å². The maximum absolute atomic E-state index is 12.5. The number of aromatic nitrogens is 6. The number of carbonyl (C=O) groups excluding carboxylic acids is 2. The average Bonchev–Trinajstić information content (AvgIpc) is 3.51. The quantitative estimate of drug-likeness (QED) is 0.472. The van der Waals surface area contributed by atoms with Gasteiger partial charge in [0, 0.05) is 30.0 Å². The molecule has 0 aliphatic carbocycles. The summed E-state index contributed by atoms with van der Waals surface area (Å²) in [6, 6.07) is 5.83. The number of tetrazole rings is 1. The van der Waals surface area contributed by atoms with Gasteiger partial charge < -0.3 is 9.32 Å². The zero-order valence-corrected chi connectivity index (χ0v) is 18.1. The molecule has 0 spiro atoms. The van der Waals surface area contributed by atoms with E-state index in [1.54, 1.807) is 18.7 Å². The van der Waals surface area contributed by atoms with Gasteiger partial charge in [0.05, 0.1) is 17.9 Å². The number of anilines is 2. The predicted octanol–water partition coefficient (Wildman–Crippen LogP) is 2.66. The number of nitrogens with one attached hydrogen (secondary N) is 2. The van der Waals surface area contributed by atoms with Gasteiger partial charge in [-0.25, -0.2) is 9.97 Å². The summed E-state index contributed by atoms with van der Waals surface area (Å²) >= 11 is 1.32. The van der Waals surface area contributed by atoms with E-state index in [4.69, 9.17) is 4.42 Å². The van der Waals surface area contributed by atoms with Gasteiger partial charge in [0.15, 0.2) is 16.8 Å². The lowest BCUT2D eigenvalue weighted by atomic mass is 9.98. The Bertz CT molecular complexity index is 1310. The number of carbonyl (C=O) groups is 2. The standard InChI is InChI=1S/C20H18N8O3S/c1-10-18(31-11(2)21-10)19(30)23-20-22-14(9-32-20)12-3-5-15-13(7-12)4-6-17(29)28(15)8-16-24-26-27-25-16/h3,5,7,9H,4,6,8H2,1-2H3,(H,22,23,30)(H,24,25,26,27). The van der Waals surface area contributed by atoms with Crippen molar-refractivity contribution in [3.05, 3.63) is 52.3 Å². The van der Waals surface area contributed by atoms with Gasteiger partial charge in [0.1, 0.15) is 0 Å². The highest BCUT2D eigenvalue weighted by molar-refractivity contribution is 7.14. The number of hydrogen-bond acceptors (Lipinski definition) is 9. The molecule has 0 fully saturated rings. The number of hydrogen-bond donors (Lipinski definition) is 2. The van der Waals surface area contributed by atoms with E-state index in [1.165, 1.54) is 11.3 Å². The number of benzene rings is 1. The molecule has 0 radical (unpaired) electrons. The highest BCUT2D eigenvalue weighted by Crippen LogP contribution is 2.34. The molecule has 12 heteroatoms. The summed E-state index contributed by atoms with van der Waals surface area (Å²) in [5.74, 6) is 0.705. The minimum atomic E-state index is -0.384. The van der Waals surface area contributed by atoms with Gasteiger partial charge in [-0.05, 0) is 31.0 Å². The largest absolute Gasteiger partial charge is 0.436 e. The molecule has 5 rings (SSSR count). The van der Waals surface area contributed by atoms with Crippen molar-refractivity contribution in [1.82, 2.24) is 30.6 Å². The first-order valence-corrected chi connectivity index (χ1v) is 10.7. The fourth-order valence-electron chi connectivity index (χ4n) is 3.64. The molecular formula is C20H18N8O3S. The van der Waals surface area contributed by atoms with Crippen LogP contribution in [-0.4, -0.2) is 42.4 Å². The van der Waals surface area contributed by atoms with Crippen LogP contribution in [0.3, 0.4) is 0 Å². The van der Waals surface area contributed by atoms with E-state index in [9.17, 15) is 9.59 Å². The zero-order valence-electron chi connectivity index (χ0n) is 17.2. The summed E-state index contributed by atoms with van der Waals surface area (Å²) in [6.07, 6.45) is 1.05. The number of oxazole rings is 1. The first-order chi connectivity index (χ1) is 15.5. The molecule has 32 heavy (non-hydrogen) atoms. The third-order valence-corrected chi connectivity index (χ3v) is 5.86. The SMILES string of the molecule is Cc1nc(C)c(C(=O)Nc2nc(-c3ccc4c(c3)CCC(=O)N4Cc3nn[nH]n3)cs2)o1. The Morgan fingerprint density at radius 3 is 2.91 bits per heavy atom. The second kappa shape index (κ2) is 7.96. The number of fused-ring (bicyclic) bond motifs is 1. The summed E-state index contributed by atoms with van der Waals surface area (Å²) in [5, 5.41) is 18.9. The Balaban J connectivity index is 1.36. The smallest absolute Gasteiger partial charge is 0.295 e. The summed E-state index contributed by atoms with van der Waals surface area (Å²) in [7, 11) is 0. The van der Waals surface area contributed by atoms with Crippen molar-refractivity contribution in [1.29, 1.82) is 0 Å². The molecule has 0 unspecified atom stereocenters. The Morgan fingerprint density at radius 1 is 1.28 bits per heavy atom. The number of amides is 2. The summed E-state index contributed by atoms with van der Waals surface area (Å²) in [4.78, 5) is 35.2. The van der Waals surface area contributed by atoms with E-state index >= 15 is 0 Å². The third-order valence-electron chi connectivity index (χ3n) is 5.10. The van der Waals surface area contributed by atoms with Crippen LogP contribution in [0.25, 0.3) is 11.3 Å². The van der Waals surface area contributed by atoms with Crippen molar-refractivity contribution in [2.24, 2.45) is 0 Å². The Kier molecular flexibility index (Phi) is 4.98. The van der Waals surface area contributed by atoms with Crippen LogP contribution in [0.5, 0.6) is 0 Å². The van der Waals surface area contributed by atoms with Gasteiger partial charge in [0.25, 0.3) is 5.91 Å². The van der Waals surface area contributed by atoms with Gasteiger partial charge in [-0.15, -0.1) is 21.5 Å². The molecule has 1 aliphatic rings. The number of H-pyrrole nitrogens is 1. The van der Waals surface area contributed by atoms with Crippen molar-refractivity contribution in [2.45, 2.75) is 33.2 Å². The Hall–Kier alpha value is -3.93. The average molecular weight is 450 g/mol. The van der Waals surface area contributed by atoms with Gasteiger partial charge in [-0.2, -0.15) is 5.21 Å². The van der Waals surface area contributed by atoms with E-state index in [2.05, 4.69) is 35.9 Å². The minimum Gasteiger partial charge on any atom is -0.436 e. The van der Waals surface area contributed by atoms with Gasteiger partial charge in [-0.3, -0.25) is 14.9 Å². The van der Waals surface area contributed by atoms with Crippen LogP contribution >= 0.6 is 11.3 Å². The van der Waals surface area contributed by atoms with Crippen molar-refractivity contribution < 1.29 is 14.0 Å².